The van der Waals surface area contributed by atoms with Crippen molar-refractivity contribution in [3.8, 4) is 0 Å². The standard InChI is InChI=1S/C15H30N2O/c1-3-15(4-2,17-9-5-6-10-17)14(16)13-7-11-18-12-8-13/h13-14H,3-12,16H2,1-2H3. The van der Waals surface area contributed by atoms with Crippen LogP contribution in [0, 0.1) is 5.92 Å². The van der Waals surface area contributed by atoms with E-state index in [9.17, 15) is 0 Å². The molecule has 2 aliphatic heterocycles. The molecule has 18 heavy (non-hydrogen) atoms. The lowest BCUT2D eigenvalue weighted by atomic mass is 9.74. The Hall–Kier alpha value is -0.120. The van der Waals surface area contributed by atoms with Gasteiger partial charge in [-0.15, -0.1) is 0 Å². The molecule has 0 radical (unpaired) electrons. The summed E-state index contributed by atoms with van der Waals surface area (Å²) in [4.78, 5) is 2.69. The van der Waals surface area contributed by atoms with Gasteiger partial charge in [0.05, 0.1) is 0 Å². The average molecular weight is 254 g/mol. The molecule has 106 valence electrons. The second-order valence-corrected chi connectivity index (χ2v) is 5.98. The van der Waals surface area contributed by atoms with Crippen molar-refractivity contribution in [2.24, 2.45) is 11.7 Å². The monoisotopic (exact) mass is 254 g/mol. The van der Waals surface area contributed by atoms with E-state index in [0.29, 0.717) is 12.0 Å². The summed E-state index contributed by atoms with van der Waals surface area (Å²) in [6.45, 7) is 8.95. The zero-order valence-corrected chi connectivity index (χ0v) is 12.2. The van der Waals surface area contributed by atoms with Crippen molar-refractivity contribution in [2.45, 2.75) is 64.0 Å². The number of hydrogen-bond donors (Lipinski definition) is 1. The Bertz CT molecular complexity index is 241. The van der Waals surface area contributed by atoms with Gasteiger partial charge in [-0.3, -0.25) is 4.90 Å². The second kappa shape index (κ2) is 6.36. The Morgan fingerprint density at radius 1 is 1.17 bits per heavy atom. The van der Waals surface area contributed by atoms with E-state index in [1.807, 2.05) is 0 Å². The van der Waals surface area contributed by atoms with E-state index in [4.69, 9.17) is 10.5 Å². The molecule has 0 aromatic carbocycles. The first-order valence-corrected chi connectivity index (χ1v) is 7.83. The fraction of sp³-hybridized carbons (Fsp3) is 1.00. The zero-order valence-electron chi connectivity index (χ0n) is 12.2. The molecule has 0 aromatic heterocycles. The molecule has 1 unspecified atom stereocenters. The molecule has 0 amide bonds. The molecule has 2 saturated heterocycles. The van der Waals surface area contributed by atoms with Crippen LogP contribution in [-0.2, 0) is 4.74 Å². The van der Waals surface area contributed by atoms with Gasteiger partial charge in [-0.05, 0) is 57.5 Å². The minimum absolute atomic E-state index is 0.235. The molecule has 3 nitrogen and oxygen atoms in total. The maximum absolute atomic E-state index is 6.73. The summed E-state index contributed by atoms with van der Waals surface area (Å²) < 4.78 is 5.49. The van der Waals surface area contributed by atoms with Gasteiger partial charge < -0.3 is 10.5 Å². The Morgan fingerprint density at radius 3 is 2.22 bits per heavy atom. The van der Waals surface area contributed by atoms with E-state index < -0.39 is 0 Å². The first-order chi connectivity index (χ1) is 8.74. The van der Waals surface area contributed by atoms with E-state index in [2.05, 4.69) is 18.7 Å². The average Bonchev–Trinajstić information content (AvgIpc) is 2.96. The summed E-state index contributed by atoms with van der Waals surface area (Å²) in [5, 5.41) is 0. The molecule has 0 aromatic rings. The Kier molecular flexibility index (Phi) is 5.05. The van der Waals surface area contributed by atoms with Gasteiger partial charge in [0.25, 0.3) is 0 Å². The maximum atomic E-state index is 6.73. The minimum atomic E-state index is 0.235. The largest absolute Gasteiger partial charge is 0.381 e. The van der Waals surface area contributed by atoms with Crippen LogP contribution in [-0.4, -0.2) is 42.8 Å². The van der Waals surface area contributed by atoms with Crippen molar-refractivity contribution in [3.05, 3.63) is 0 Å². The molecule has 0 bridgehead atoms. The smallest absolute Gasteiger partial charge is 0.0469 e. The highest BCUT2D eigenvalue weighted by atomic mass is 16.5. The predicted octanol–water partition coefficient (Wildman–Crippen LogP) is 2.39. The van der Waals surface area contributed by atoms with Crippen molar-refractivity contribution in [1.29, 1.82) is 0 Å². The van der Waals surface area contributed by atoms with Crippen LogP contribution in [0.4, 0.5) is 0 Å². The zero-order chi connectivity index (χ0) is 13.0. The van der Waals surface area contributed by atoms with E-state index in [1.165, 1.54) is 38.8 Å². The van der Waals surface area contributed by atoms with Crippen LogP contribution in [0.15, 0.2) is 0 Å². The van der Waals surface area contributed by atoms with E-state index >= 15 is 0 Å². The van der Waals surface area contributed by atoms with Crippen molar-refractivity contribution in [1.82, 2.24) is 4.90 Å². The minimum Gasteiger partial charge on any atom is -0.381 e. The molecule has 2 aliphatic rings. The SMILES string of the molecule is CCC(CC)(C(N)C1CCOCC1)N1CCCC1. The summed E-state index contributed by atoms with van der Waals surface area (Å²) >= 11 is 0. The summed E-state index contributed by atoms with van der Waals surface area (Å²) in [6.07, 6.45) is 7.36. The molecule has 2 heterocycles. The van der Waals surface area contributed by atoms with Crippen molar-refractivity contribution >= 4 is 0 Å². The van der Waals surface area contributed by atoms with Gasteiger partial charge in [0, 0.05) is 24.8 Å². The molecular weight excluding hydrogens is 224 g/mol. The lowest BCUT2D eigenvalue weighted by Gasteiger charge is -2.48. The van der Waals surface area contributed by atoms with Crippen LogP contribution >= 0.6 is 0 Å². The highest BCUT2D eigenvalue weighted by molar-refractivity contribution is 5.01. The third-order valence-electron chi connectivity index (χ3n) is 5.35. The number of ether oxygens (including phenoxy) is 1. The van der Waals surface area contributed by atoms with Gasteiger partial charge in [-0.25, -0.2) is 0 Å². The van der Waals surface area contributed by atoms with E-state index in [-0.39, 0.29) is 5.54 Å². The molecule has 2 fully saturated rings. The molecule has 3 heteroatoms. The Balaban J connectivity index is 2.11. The molecular formula is C15H30N2O. The van der Waals surface area contributed by atoms with Crippen molar-refractivity contribution in [3.63, 3.8) is 0 Å². The lowest BCUT2D eigenvalue weighted by Crippen LogP contribution is -2.61. The van der Waals surface area contributed by atoms with Crippen LogP contribution in [0.25, 0.3) is 0 Å². The third-order valence-corrected chi connectivity index (χ3v) is 5.35. The topological polar surface area (TPSA) is 38.5 Å². The highest BCUT2D eigenvalue weighted by Crippen LogP contribution is 2.36. The maximum Gasteiger partial charge on any atom is 0.0469 e. The highest BCUT2D eigenvalue weighted by Gasteiger charge is 2.43. The number of hydrogen-bond acceptors (Lipinski definition) is 3. The molecule has 2 N–H and O–H groups in total. The Morgan fingerprint density at radius 2 is 1.72 bits per heavy atom. The summed E-state index contributed by atoms with van der Waals surface area (Å²) in [7, 11) is 0. The van der Waals surface area contributed by atoms with Crippen LogP contribution in [0.2, 0.25) is 0 Å². The van der Waals surface area contributed by atoms with Crippen LogP contribution in [0.5, 0.6) is 0 Å². The first kappa shape index (κ1) is 14.3. The number of rotatable bonds is 5. The van der Waals surface area contributed by atoms with Gasteiger partial charge in [0.1, 0.15) is 0 Å². The summed E-state index contributed by atoms with van der Waals surface area (Å²) in [5.41, 5.74) is 6.97. The fourth-order valence-electron chi connectivity index (χ4n) is 4.06. The fourth-order valence-corrected chi connectivity index (χ4v) is 4.06. The number of nitrogens with two attached hydrogens (primary N) is 1. The molecule has 0 aliphatic carbocycles. The van der Waals surface area contributed by atoms with Gasteiger partial charge >= 0.3 is 0 Å². The molecule has 0 saturated carbocycles. The quantitative estimate of drug-likeness (QED) is 0.819. The predicted molar refractivity (Wildman–Crippen MR) is 75.6 cm³/mol. The van der Waals surface area contributed by atoms with E-state index in [0.717, 1.165) is 26.1 Å². The second-order valence-electron chi connectivity index (χ2n) is 5.98. The van der Waals surface area contributed by atoms with E-state index in [1.54, 1.807) is 0 Å². The van der Waals surface area contributed by atoms with Crippen molar-refractivity contribution < 1.29 is 4.74 Å². The number of nitrogens with zero attached hydrogens (tertiary/aromatic N) is 1. The Labute approximate surface area is 112 Å². The first-order valence-electron chi connectivity index (χ1n) is 7.83. The van der Waals surface area contributed by atoms with Gasteiger partial charge in [0.15, 0.2) is 0 Å². The molecule has 1 atom stereocenters. The molecule has 0 spiro atoms. The third kappa shape index (κ3) is 2.59. The van der Waals surface area contributed by atoms with Crippen LogP contribution < -0.4 is 5.73 Å². The van der Waals surface area contributed by atoms with Crippen LogP contribution in [0.3, 0.4) is 0 Å². The van der Waals surface area contributed by atoms with Gasteiger partial charge in [-0.2, -0.15) is 0 Å². The van der Waals surface area contributed by atoms with Gasteiger partial charge in [-0.1, -0.05) is 13.8 Å². The van der Waals surface area contributed by atoms with Crippen molar-refractivity contribution in [2.75, 3.05) is 26.3 Å². The number of likely N-dealkylation sites (tertiary alicyclic amines) is 1. The molecule has 2 rings (SSSR count). The van der Waals surface area contributed by atoms with Gasteiger partial charge in [0.2, 0.25) is 0 Å². The summed E-state index contributed by atoms with van der Waals surface area (Å²) in [6, 6.07) is 0.314. The summed E-state index contributed by atoms with van der Waals surface area (Å²) in [5.74, 6) is 0.652. The normalized spacial score (nSPS) is 25.5. The lowest BCUT2D eigenvalue weighted by molar-refractivity contribution is 0.00659. The van der Waals surface area contributed by atoms with Crippen LogP contribution in [0.1, 0.15) is 52.4 Å².